The molecule has 98 valence electrons. The Morgan fingerprint density at radius 2 is 2.17 bits per heavy atom. The maximum Gasteiger partial charge on any atom is 0.224 e. The quantitative estimate of drug-likeness (QED) is 0.868. The second-order valence-electron chi connectivity index (χ2n) is 5.24. The van der Waals surface area contributed by atoms with Crippen LogP contribution in [0.1, 0.15) is 43.7 Å². The zero-order valence-corrected chi connectivity index (χ0v) is 11.3. The minimum atomic E-state index is 0.0942. The van der Waals surface area contributed by atoms with Crippen molar-refractivity contribution in [3.63, 3.8) is 0 Å². The van der Waals surface area contributed by atoms with Gasteiger partial charge in [0.25, 0.3) is 0 Å². The molecule has 1 aromatic rings. The Morgan fingerprint density at radius 3 is 2.72 bits per heavy atom. The van der Waals surface area contributed by atoms with Crippen molar-refractivity contribution in [3.8, 4) is 5.75 Å². The third kappa shape index (κ3) is 3.25. The molecule has 1 N–H and O–H groups in total. The molecule has 0 aromatic heterocycles. The molecule has 0 radical (unpaired) electrons. The largest absolute Gasteiger partial charge is 0.496 e. The molecule has 0 heterocycles. The number of hydrogen-bond donors (Lipinski definition) is 1. The lowest BCUT2D eigenvalue weighted by molar-refractivity contribution is -0.120. The van der Waals surface area contributed by atoms with Crippen LogP contribution in [0.4, 0.5) is 0 Å². The summed E-state index contributed by atoms with van der Waals surface area (Å²) in [5.41, 5.74) is 2.21. The van der Waals surface area contributed by atoms with Gasteiger partial charge in [0.05, 0.1) is 13.5 Å². The number of nitrogens with one attached hydrogen (secondary N) is 1. The minimum Gasteiger partial charge on any atom is -0.496 e. The van der Waals surface area contributed by atoms with E-state index >= 15 is 0 Å². The molecule has 2 rings (SSSR count). The van der Waals surface area contributed by atoms with Crippen LogP contribution in [-0.2, 0) is 11.2 Å². The van der Waals surface area contributed by atoms with Crippen LogP contribution in [-0.4, -0.2) is 19.1 Å². The molecule has 3 heteroatoms. The molecular weight excluding hydrogens is 226 g/mol. The molecule has 0 spiro atoms. The molecule has 0 unspecified atom stereocenters. The van der Waals surface area contributed by atoms with E-state index in [2.05, 4.69) is 31.3 Å². The van der Waals surface area contributed by atoms with E-state index in [1.165, 1.54) is 5.56 Å². The van der Waals surface area contributed by atoms with Crippen molar-refractivity contribution in [2.75, 3.05) is 7.11 Å². The fourth-order valence-electron chi connectivity index (χ4n) is 1.98. The highest BCUT2D eigenvalue weighted by Gasteiger charge is 2.23. The highest BCUT2D eigenvalue weighted by atomic mass is 16.5. The minimum absolute atomic E-state index is 0.0942. The lowest BCUT2D eigenvalue weighted by atomic mass is 9.99. The van der Waals surface area contributed by atoms with E-state index in [1.807, 2.05) is 6.07 Å². The van der Waals surface area contributed by atoms with E-state index in [1.54, 1.807) is 7.11 Å². The Hall–Kier alpha value is -1.51. The van der Waals surface area contributed by atoms with Gasteiger partial charge < -0.3 is 10.1 Å². The number of benzene rings is 1. The first kappa shape index (κ1) is 12.9. The summed E-state index contributed by atoms with van der Waals surface area (Å²) < 4.78 is 5.32. The number of hydrogen-bond acceptors (Lipinski definition) is 2. The fourth-order valence-corrected chi connectivity index (χ4v) is 1.98. The smallest absolute Gasteiger partial charge is 0.224 e. The third-order valence-corrected chi connectivity index (χ3v) is 3.26. The highest BCUT2D eigenvalue weighted by molar-refractivity contribution is 5.80. The van der Waals surface area contributed by atoms with Gasteiger partial charge in [-0.1, -0.05) is 26.0 Å². The van der Waals surface area contributed by atoms with E-state index in [-0.39, 0.29) is 5.91 Å². The second-order valence-corrected chi connectivity index (χ2v) is 5.24. The first-order valence-electron chi connectivity index (χ1n) is 6.56. The maximum absolute atomic E-state index is 11.8. The van der Waals surface area contributed by atoms with Gasteiger partial charge >= 0.3 is 0 Å². The molecular formula is C15H21NO2. The predicted octanol–water partition coefficient (Wildman–Crippen LogP) is 2.64. The third-order valence-electron chi connectivity index (χ3n) is 3.26. The first-order valence-corrected chi connectivity index (χ1v) is 6.56. The van der Waals surface area contributed by atoms with Crippen molar-refractivity contribution in [2.45, 2.75) is 45.1 Å². The number of rotatable bonds is 5. The van der Waals surface area contributed by atoms with Crippen LogP contribution in [0.3, 0.4) is 0 Å². The van der Waals surface area contributed by atoms with Gasteiger partial charge in [-0.15, -0.1) is 0 Å². The van der Waals surface area contributed by atoms with Gasteiger partial charge in [0.1, 0.15) is 5.75 Å². The molecule has 1 aliphatic carbocycles. The SMILES string of the molecule is COc1ccc(C(C)C)cc1CC(=O)NC1CC1. The van der Waals surface area contributed by atoms with Gasteiger partial charge in [-0.25, -0.2) is 0 Å². The van der Waals surface area contributed by atoms with Crippen molar-refractivity contribution in [2.24, 2.45) is 0 Å². The van der Waals surface area contributed by atoms with Crippen LogP contribution in [0.25, 0.3) is 0 Å². The van der Waals surface area contributed by atoms with Gasteiger partial charge in [0.15, 0.2) is 0 Å². The van der Waals surface area contributed by atoms with Crippen molar-refractivity contribution in [1.29, 1.82) is 0 Å². The lowest BCUT2D eigenvalue weighted by Gasteiger charge is -2.12. The van der Waals surface area contributed by atoms with Gasteiger partial charge in [0, 0.05) is 11.6 Å². The van der Waals surface area contributed by atoms with Crippen LogP contribution in [0.2, 0.25) is 0 Å². The van der Waals surface area contributed by atoms with Crippen molar-refractivity contribution >= 4 is 5.91 Å². The Balaban J connectivity index is 2.12. The molecule has 0 aliphatic heterocycles. The van der Waals surface area contributed by atoms with Crippen molar-refractivity contribution in [1.82, 2.24) is 5.32 Å². The second kappa shape index (κ2) is 5.42. The van der Waals surface area contributed by atoms with E-state index < -0.39 is 0 Å². The Labute approximate surface area is 109 Å². The van der Waals surface area contributed by atoms with E-state index in [9.17, 15) is 4.79 Å². The van der Waals surface area contributed by atoms with Crippen molar-refractivity contribution < 1.29 is 9.53 Å². The Bertz CT molecular complexity index is 436. The molecule has 0 atom stereocenters. The summed E-state index contributed by atoms with van der Waals surface area (Å²) >= 11 is 0. The normalized spacial score (nSPS) is 14.7. The van der Waals surface area contributed by atoms with E-state index in [0.29, 0.717) is 18.4 Å². The molecule has 1 fully saturated rings. The maximum atomic E-state index is 11.8. The molecule has 18 heavy (non-hydrogen) atoms. The summed E-state index contributed by atoms with van der Waals surface area (Å²) in [6.45, 7) is 4.30. The summed E-state index contributed by atoms with van der Waals surface area (Å²) in [6.07, 6.45) is 2.64. The molecule has 1 saturated carbocycles. The zero-order chi connectivity index (χ0) is 13.1. The van der Waals surface area contributed by atoms with E-state index in [0.717, 1.165) is 24.2 Å². The first-order chi connectivity index (χ1) is 8.60. The number of ether oxygens (including phenoxy) is 1. The van der Waals surface area contributed by atoms with Crippen LogP contribution >= 0.6 is 0 Å². The monoisotopic (exact) mass is 247 g/mol. The van der Waals surface area contributed by atoms with Gasteiger partial charge in [-0.3, -0.25) is 4.79 Å². The standard InChI is InChI=1S/C15H21NO2/c1-10(2)11-4-7-14(18-3)12(8-11)9-15(17)16-13-5-6-13/h4,7-8,10,13H,5-6,9H2,1-3H3,(H,16,17). The summed E-state index contributed by atoms with van der Waals surface area (Å²) in [5, 5.41) is 3.01. The molecule has 1 aromatic carbocycles. The Morgan fingerprint density at radius 1 is 1.44 bits per heavy atom. The van der Waals surface area contributed by atoms with Gasteiger partial charge in [-0.2, -0.15) is 0 Å². The number of carbonyl (C=O) groups is 1. The lowest BCUT2D eigenvalue weighted by Crippen LogP contribution is -2.27. The van der Waals surface area contributed by atoms with Gasteiger partial charge in [0.2, 0.25) is 5.91 Å². The van der Waals surface area contributed by atoms with Gasteiger partial charge in [-0.05, 0) is 30.4 Å². The number of methoxy groups -OCH3 is 1. The summed E-state index contributed by atoms with van der Waals surface area (Å²) in [7, 11) is 1.65. The summed E-state index contributed by atoms with van der Waals surface area (Å²) in [6, 6.07) is 6.51. The topological polar surface area (TPSA) is 38.3 Å². The van der Waals surface area contributed by atoms with Crippen LogP contribution in [0.15, 0.2) is 18.2 Å². The highest BCUT2D eigenvalue weighted by Crippen LogP contribution is 2.25. The summed E-state index contributed by atoms with van der Waals surface area (Å²) in [5.74, 6) is 1.35. The molecule has 3 nitrogen and oxygen atoms in total. The van der Waals surface area contributed by atoms with Crippen LogP contribution < -0.4 is 10.1 Å². The predicted molar refractivity (Wildman–Crippen MR) is 72.0 cm³/mol. The summed E-state index contributed by atoms with van der Waals surface area (Å²) in [4.78, 5) is 11.8. The number of amides is 1. The van der Waals surface area contributed by atoms with Crippen molar-refractivity contribution in [3.05, 3.63) is 29.3 Å². The van der Waals surface area contributed by atoms with E-state index in [4.69, 9.17) is 4.74 Å². The fraction of sp³-hybridized carbons (Fsp3) is 0.533. The average molecular weight is 247 g/mol. The molecule has 1 amide bonds. The average Bonchev–Trinajstić information content (AvgIpc) is 3.12. The zero-order valence-electron chi connectivity index (χ0n) is 11.3. The molecule has 1 aliphatic rings. The Kier molecular flexibility index (Phi) is 3.90. The van der Waals surface area contributed by atoms with Crippen LogP contribution in [0.5, 0.6) is 5.75 Å². The van der Waals surface area contributed by atoms with Crippen LogP contribution in [0, 0.1) is 0 Å². The molecule has 0 saturated heterocycles. The number of carbonyl (C=O) groups excluding carboxylic acids is 1. The molecule has 0 bridgehead atoms.